The summed E-state index contributed by atoms with van der Waals surface area (Å²) in [6.45, 7) is 0.436. The lowest BCUT2D eigenvalue weighted by atomic mass is 10.1. The van der Waals surface area contributed by atoms with Crippen molar-refractivity contribution in [2.75, 3.05) is 0 Å². The van der Waals surface area contributed by atoms with Gasteiger partial charge in [-0.3, -0.25) is 10.1 Å². The van der Waals surface area contributed by atoms with Crippen LogP contribution in [0.1, 0.15) is 11.4 Å². The number of imidazole rings is 2. The predicted molar refractivity (Wildman–Crippen MR) is 59.1 cm³/mol. The number of hydrogen-bond donors (Lipinski definition) is 4. The van der Waals surface area contributed by atoms with Gasteiger partial charge in [-0.05, 0) is 0 Å². The van der Waals surface area contributed by atoms with E-state index in [1.165, 1.54) is 6.33 Å². The fourth-order valence-corrected chi connectivity index (χ4v) is 1.48. The fraction of sp³-hybridized carbons (Fsp3) is 0.300. The topological polar surface area (TPSA) is 107 Å². The van der Waals surface area contributed by atoms with E-state index in [0.29, 0.717) is 13.0 Å². The summed E-state index contributed by atoms with van der Waals surface area (Å²) in [6.07, 6.45) is 6.73. The first-order valence-corrected chi connectivity index (χ1v) is 5.16. The molecule has 0 saturated heterocycles. The van der Waals surface area contributed by atoms with Gasteiger partial charge in [0.1, 0.15) is 6.04 Å². The maximum atomic E-state index is 11.1. The minimum Gasteiger partial charge on any atom is -0.480 e. The van der Waals surface area contributed by atoms with Crippen molar-refractivity contribution in [2.45, 2.75) is 19.0 Å². The van der Waals surface area contributed by atoms with Gasteiger partial charge in [0.15, 0.2) is 0 Å². The average Bonchev–Trinajstić information content (AvgIpc) is 2.97. The summed E-state index contributed by atoms with van der Waals surface area (Å²) < 4.78 is 0. The number of H-pyrrole nitrogens is 2. The number of aromatic nitrogens is 4. The Morgan fingerprint density at radius 2 is 1.94 bits per heavy atom. The van der Waals surface area contributed by atoms with E-state index in [9.17, 15) is 4.79 Å². The van der Waals surface area contributed by atoms with Crippen LogP contribution in [0, 0.1) is 0 Å². The van der Waals surface area contributed by atoms with Crippen LogP contribution in [0.3, 0.4) is 0 Å². The SMILES string of the molecule is O=C(O)[C@H](Cc1cnc[nH]1)NCc1cnc[nH]1. The number of carboxylic acids is 1. The number of aromatic amines is 2. The van der Waals surface area contributed by atoms with E-state index in [4.69, 9.17) is 5.11 Å². The highest BCUT2D eigenvalue weighted by atomic mass is 16.4. The van der Waals surface area contributed by atoms with Gasteiger partial charge in [0.05, 0.1) is 12.7 Å². The number of carbonyl (C=O) groups is 1. The van der Waals surface area contributed by atoms with E-state index in [1.807, 2.05) is 0 Å². The van der Waals surface area contributed by atoms with Gasteiger partial charge < -0.3 is 15.1 Å². The Labute approximate surface area is 97.3 Å². The maximum Gasteiger partial charge on any atom is 0.321 e. The van der Waals surface area contributed by atoms with Crippen molar-refractivity contribution in [2.24, 2.45) is 0 Å². The molecular formula is C10H13N5O2. The highest BCUT2D eigenvalue weighted by Crippen LogP contribution is 2.00. The van der Waals surface area contributed by atoms with Crippen LogP contribution in [0.25, 0.3) is 0 Å². The molecular weight excluding hydrogens is 222 g/mol. The van der Waals surface area contributed by atoms with Gasteiger partial charge in [-0.2, -0.15) is 0 Å². The second kappa shape index (κ2) is 5.26. The average molecular weight is 235 g/mol. The minimum absolute atomic E-state index is 0.365. The molecule has 2 aromatic rings. The van der Waals surface area contributed by atoms with Gasteiger partial charge in [-0.25, -0.2) is 9.97 Å². The minimum atomic E-state index is -0.890. The molecule has 0 aliphatic heterocycles. The number of hydrogen-bond acceptors (Lipinski definition) is 4. The van der Waals surface area contributed by atoms with E-state index >= 15 is 0 Å². The highest BCUT2D eigenvalue weighted by Gasteiger charge is 2.17. The molecule has 1 atom stereocenters. The van der Waals surface area contributed by atoms with Crippen LogP contribution in [0.2, 0.25) is 0 Å². The lowest BCUT2D eigenvalue weighted by Crippen LogP contribution is -2.38. The molecule has 7 heteroatoms. The summed E-state index contributed by atoms with van der Waals surface area (Å²) in [6, 6.07) is -0.654. The molecule has 0 unspecified atom stereocenters. The van der Waals surface area contributed by atoms with Gasteiger partial charge in [0.2, 0.25) is 0 Å². The Kier molecular flexibility index (Phi) is 3.51. The second-order valence-corrected chi connectivity index (χ2v) is 3.63. The Balaban J connectivity index is 1.91. The Morgan fingerprint density at radius 1 is 1.29 bits per heavy atom. The zero-order valence-corrected chi connectivity index (χ0v) is 9.05. The second-order valence-electron chi connectivity index (χ2n) is 3.63. The third-order valence-corrected chi connectivity index (χ3v) is 2.37. The molecule has 2 heterocycles. The molecule has 2 rings (SSSR count). The molecule has 0 aromatic carbocycles. The van der Waals surface area contributed by atoms with Crippen LogP contribution in [0.15, 0.2) is 25.0 Å². The summed E-state index contributed by atoms with van der Waals surface area (Å²) in [5.41, 5.74) is 1.63. The molecule has 4 N–H and O–H groups in total. The first-order chi connectivity index (χ1) is 8.25. The lowest BCUT2D eigenvalue weighted by Gasteiger charge is -2.12. The van der Waals surface area contributed by atoms with Crippen LogP contribution >= 0.6 is 0 Å². The molecule has 17 heavy (non-hydrogen) atoms. The summed E-state index contributed by atoms with van der Waals surface area (Å²) in [7, 11) is 0. The molecule has 0 bridgehead atoms. The first-order valence-electron chi connectivity index (χ1n) is 5.16. The van der Waals surface area contributed by atoms with E-state index in [1.54, 1.807) is 18.7 Å². The van der Waals surface area contributed by atoms with Gasteiger partial charge in [0, 0.05) is 36.7 Å². The van der Waals surface area contributed by atoms with Crippen LogP contribution in [0.4, 0.5) is 0 Å². The van der Waals surface area contributed by atoms with Crippen molar-refractivity contribution < 1.29 is 9.90 Å². The molecule has 0 saturated carbocycles. The van der Waals surface area contributed by atoms with Crippen molar-refractivity contribution in [1.82, 2.24) is 25.3 Å². The maximum absolute atomic E-state index is 11.1. The van der Waals surface area contributed by atoms with E-state index in [-0.39, 0.29) is 0 Å². The zero-order valence-electron chi connectivity index (χ0n) is 9.05. The van der Waals surface area contributed by atoms with E-state index < -0.39 is 12.0 Å². The third-order valence-electron chi connectivity index (χ3n) is 2.37. The molecule has 0 aliphatic carbocycles. The van der Waals surface area contributed by atoms with Crippen LogP contribution in [-0.4, -0.2) is 37.1 Å². The highest BCUT2D eigenvalue weighted by molar-refractivity contribution is 5.73. The van der Waals surface area contributed by atoms with Gasteiger partial charge >= 0.3 is 5.97 Å². The summed E-state index contributed by atoms with van der Waals surface area (Å²) in [4.78, 5) is 24.6. The lowest BCUT2D eigenvalue weighted by molar-refractivity contribution is -0.139. The summed E-state index contributed by atoms with van der Waals surface area (Å²) >= 11 is 0. The third kappa shape index (κ3) is 3.15. The first kappa shape index (κ1) is 11.3. The summed E-state index contributed by atoms with van der Waals surface area (Å²) in [5.74, 6) is -0.890. The van der Waals surface area contributed by atoms with Crippen molar-refractivity contribution in [1.29, 1.82) is 0 Å². The molecule has 7 nitrogen and oxygen atoms in total. The van der Waals surface area contributed by atoms with E-state index in [2.05, 4.69) is 25.3 Å². The molecule has 0 aliphatic rings. The Bertz CT molecular complexity index is 451. The van der Waals surface area contributed by atoms with Gasteiger partial charge in [-0.15, -0.1) is 0 Å². The molecule has 0 radical (unpaired) electrons. The predicted octanol–water partition coefficient (Wildman–Crippen LogP) is -0.0817. The normalized spacial score (nSPS) is 12.5. The largest absolute Gasteiger partial charge is 0.480 e. The number of aliphatic carboxylic acids is 1. The monoisotopic (exact) mass is 235 g/mol. The number of rotatable bonds is 6. The summed E-state index contributed by atoms with van der Waals surface area (Å²) in [5, 5.41) is 12.0. The standard InChI is InChI=1S/C10H13N5O2/c16-10(17)9(1-7-2-11-5-14-7)13-4-8-3-12-6-15-8/h2-3,5-6,9,13H,1,4H2,(H,11,14)(H,12,15)(H,16,17)/t9-/m0/s1. The number of carboxylic acid groups (broad SMARTS) is 1. The van der Waals surface area contributed by atoms with Crippen LogP contribution in [0.5, 0.6) is 0 Å². The van der Waals surface area contributed by atoms with Crippen LogP contribution < -0.4 is 5.32 Å². The zero-order chi connectivity index (χ0) is 12.1. The Morgan fingerprint density at radius 3 is 2.47 bits per heavy atom. The quantitative estimate of drug-likeness (QED) is 0.560. The van der Waals surface area contributed by atoms with Crippen molar-refractivity contribution in [3.8, 4) is 0 Å². The molecule has 2 aromatic heterocycles. The molecule has 0 amide bonds. The molecule has 90 valence electrons. The number of nitrogens with one attached hydrogen (secondary N) is 3. The van der Waals surface area contributed by atoms with Crippen molar-refractivity contribution >= 4 is 5.97 Å². The van der Waals surface area contributed by atoms with Crippen molar-refractivity contribution in [3.63, 3.8) is 0 Å². The Hall–Kier alpha value is -2.15. The van der Waals surface area contributed by atoms with Crippen LogP contribution in [-0.2, 0) is 17.8 Å². The van der Waals surface area contributed by atoms with Gasteiger partial charge in [-0.1, -0.05) is 0 Å². The number of nitrogens with zero attached hydrogens (tertiary/aromatic N) is 2. The van der Waals surface area contributed by atoms with Crippen molar-refractivity contribution in [3.05, 3.63) is 36.4 Å². The molecule has 0 spiro atoms. The smallest absolute Gasteiger partial charge is 0.321 e. The fourth-order valence-electron chi connectivity index (χ4n) is 1.48. The van der Waals surface area contributed by atoms with Gasteiger partial charge in [0.25, 0.3) is 0 Å². The molecule has 0 fully saturated rings. The van der Waals surface area contributed by atoms with E-state index in [0.717, 1.165) is 11.4 Å².